The third-order valence-corrected chi connectivity index (χ3v) is 3.27. The minimum atomic E-state index is -0.951. The summed E-state index contributed by atoms with van der Waals surface area (Å²) in [6.07, 6.45) is 4.46. The van der Waals surface area contributed by atoms with Crippen LogP contribution in [0.1, 0.15) is 55.5 Å². The third kappa shape index (κ3) is 6.79. The summed E-state index contributed by atoms with van der Waals surface area (Å²) in [7, 11) is 0. The molecule has 0 saturated heterocycles. The first kappa shape index (κ1) is 17.0. The minimum absolute atomic E-state index is 0.158. The average Bonchev–Trinajstić information content (AvgIpc) is 2.46. The van der Waals surface area contributed by atoms with Gasteiger partial charge >= 0.3 is 12.0 Å². The van der Waals surface area contributed by atoms with Crippen molar-refractivity contribution in [1.82, 2.24) is 10.6 Å². The Morgan fingerprint density at radius 3 is 2.43 bits per heavy atom. The van der Waals surface area contributed by atoms with Crippen LogP contribution in [-0.4, -0.2) is 23.1 Å². The van der Waals surface area contributed by atoms with E-state index in [0.29, 0.717) is 6.54 Å². The lowest BCUT2D eigenvalue weighted by Gasteiger charge is -2.14. The maximum atomic E-state index is 11.7. The molecule has 0 fully saturated rings. The van der Waals surface area contributed by atoms with Crippen LogP contribution in [0, 0.1) is 0 Å². The normalized spacial score (nSPS) is 11.7. The van der Waals surface area contributed by atoms with Crippen LogP contribution in [0.4, 0.5) is 4.79 Å². The lowest BCUT2D eigenvalue weighted by atomic mass is 10.1. The zero-order valence-corrected chi connectivity index (χ0v) is 12.7. The number of hydrogen-bond acceptors (Lipinski definition) is 2. The van der Waals surface area contributed by atoms with E-state index in [4.69, 9.17) is 5.11 Å². The number of amides is 2. The van der Waals surface area contributed by atoms with Crippen molar-refractivity contribution >= 4 is 12.0 Å². The minimum Gasteiger partial charge on any atom is -0.478 e. The molecule has 21 heavy (non-hydrogen) atoms. The lowest BCUT2D eigenvalue weighted by molar-refractivity contribution is 0.0697. The first-order valence-corrected chi connectivity index (χ1v) is 7.39. The molecule has 116 valence electrons. The number of carboxylic acids is 1. The third-order valence-electron chi connectivity index (χ3n) is 3.27. The molecule has 0 aliphatic rings. The van der Waals surface area contributed by atoms with Gasteiger partial charge in [0, 0.05) is 12.6 Å². The van der Waals surface area contributed by atoms with Crippen LogP contribution in [-0.2, 0) is 6.54 Å². The summed E-state index contributed by atoms with van der Waals surface area (Å²) in [5, 5.41) is 14.5. The number of unbranched alkanes of at least 4 members (excludes halogenated alkanes) is 2. The number of rotatable bonds is 8. The predicted molar refractivity (Wildman–Crippen MR) is 82.4 cm³/mol. The van der Waals surface area contributed by atoms with Gasteiger partial charge in [-0.1, -0.05) is 38.3 Å². The molecule has 0 heterocycles. The Bertz CT molecular complexity index is 457. The van der Waals surface area contributed by atoms with Gasteiger partial charge in [-0.3, -0.25) is 0 Å². The van der Waals surface area contributed by atoms with Gasteiger partial charge in [0.1, 0.15) is 0 Å². The molecule has 0 spiro atoms. The molecule has 0 aromatic heterocycles. The van der Waals surface area contributed by atoms with Gasteiger partial charge in [0.15, 0.2) is 0 Å². The van der Waals surface area contributed by atoms with Gasteiger partial charge in [0.2, 0.25) is 0 Å². The molecule has 1 rings (SSSR count). The summed E-state index contributed by atoms with van der Waals surface area (Å²) in [6, 6.07) is 6.44. The number of carbonyl (C=O) groups is 2. The molecule has 0 aliphatic carbocycles. The molecule has 5 nitrogen and oxygen atoms in total. The molecular formula is C16H24N2O3. The second-order valence-electron chi connectivity index (χ2n) is 5.23. The van der Waals surface area contributed by atoms with E-state index in [0.717, 1.165) is 18.4 Å². The van der Waals surface area contributed by atoms with Gasteiger partial charge in [-0.2, -0.15) is 0 Å². The van der Waals surface area contributed by atoms with Crippen LogP contribution >= 0.6 is 0 Å². The number of carbonyl (C=O) groups excluding carboxylic acids is 1. The quantitative estimate of drug-likeness (QED) is 0.644. The van der Waals surface area contributed by atoms with Crippen LogP contribution in [0.5, 0.6) is 0 Å². The summed E-state index contributed by atoms with van der Waals surface area (Å²) in [4.78, 5) is 22.4. The fourth-order valence-electron chi connectivity index (χ4n) is 2.00. The van der Waals surface area contributed by atoms with Crippen molar-refractivity contribution in [2.75, 3.05) is 0 Å². The summed E-state index contributed by atoms with van der Waals surface area (Å²) in [6.45, 7) is 4.53. The first-order valence-electron chi connectivity index (χ1n) is 7.39. The number of hydrogen-bond donors (Lipinski definition) is 3. The molecule has 1 aromatic rings. The molecule has 1 aromatic carbocycles. The largest absolute Gasteiger partial charge is 0.478 e. The average molecular weight is 292 g/mol. The monoisotopic (exact) mass is 292 g/mol. The number of carboxylic acid groups (broad SMARTS) is 1. The van der Waals surface area contributed by atoms with Crippen molar-refractivity contribution < 1.29 is 14.7 Å². The lowest BCUT2D eigenvalue weighted by Crippen LogP contribution is -2.40. The van der Waals surface area contributed by atoms with Gasteiger partial charge in [-0.15, -0.1) is 0 Å². The summed E-state index contributed by atoms with van der Waals surface area (Å²) < 4.78 is 0. The Balaban J connectivity index is 2.30. The fourth-order valence-corrected chi connectivity index (χ4v) is 2.00. The van der Waals surface area contributed by atoms with E-state index in [-0.39, 0.29) is 17.6 Å². The molecule has 1 unspecified atom stereocenters. The SMILES string of the molecule is CCCCCC(C)NC(=O)NCc1ccc(C(=O)O)cc1. The Labute approximate surface area is 125 Å². The first-order chi connectivity index (χ1) is 10.0. The zero-order chi connectivity index (χ0) is 15.7. The van der Waals surface area contributed by atoms with Crippen LogP contribution in [0.2, 0.25) is 0 Å². The number of nitrogens with one attached hydrogen (secondary N) is 2. The molecule has 0 aliphatic heterocycles. The van der Waals surface area contributed by atoms with Gasteiger partial charge in [-0.25, -0.2) is 9.59 Å². The van der Waals surface area contributed by atoms with Gasteiger partial charge in [-0.05, 0) is 31.0 Å². The van der Waals surface area contributed by atoms with E-state index in [1.54, 1.807) is 12.1 Å². The molecule has 1 atom stereocenters. The van der Waals surface area contributed by atoms with E-state index in [9.17, 15) is 9.59 Å². The second kappa shape index (κ2) is 9.00. The van der Waals surface area contributed by atoms with Gasteiger partial charge in [0.05, 0.1) is 5.56 Å². The van der Waals surface area contributed by atoms with Crippen molar-refractivity contribution in [2.24, 2.45) is 0 Å². The Morgan fingerprint density at radius 2 is 1.86 bits per heavy atom. The zero-order valence-electron chi connectivity index (χ0n) is 12.7. The van der Waals surface area contributed by atoms with Gasteiger partial charge in [0.25, 0.3) is 0 Å². The van der Waals surface area contributed by atoms with Crippen molar-refractivity contribution in [3.05, 3.63) is 35.4 Å². The highest BCUT2D eigenvalue weighted by molar-refractivity contribution is 5.87. The Hall–Kier alpha value is -2.04. The van der Waals surface area contributed by atoms with E-state index in [1.807, 2.05) is 6.92 Å². The number of benzene rings is 1. The summed E-state index contributed by atoms with van der Waals surface area (Å²) in [5.74, 6) is -0.951. The Kier molecular flexibility index (Phi) is 7.29. The maximum absolute atomic E-state index is 11.7. The van der Waals surface area contributed by atoms with Crippen LogP contribution in [0.15, 0.2) is 24.3 Å². The van der Waals surface area contributed by atoms with Crippen molar-refractivity contribution in [1.29, 1.82) is 0 Å². The fraction of sp³-hybridized carbons (Fsp3) is 0.500. The van der Waals surface area contributed by atoms with E-state index in [2.05, 4.69) is 17.6 Å². The van der Waals surface area contributed by atoms with Gasteiger partial charge < -0.3 is 15.7 Å². The van der Waals surface area contributed by atoms with E-state index < -0.39 is 5.97 Å². The highest BCUT2D eigenvalue weighted by Crippen LogP contribution is 2.05. The molecule has 0 saturated carbocycles. The van der Waals surface area contributed by atoms with Crippen LogP contribution < -0.4 is 10.6 Å². The highest BCUT2D eigenvalue weighted by Gasteiger charge is 2.07. The standard InChI is InChI=1S/C16H24N2O3/c1-3-4-5-6-12(2)18-16(21)17-11-13-7-9-14(10-8-13)15(19)20/h7-10,12H,3-6,11H2,1-2H3,(H,19,20)(H2,17,18,21). The van der Waals surface area contributed by atoms with Crippen molar-refractivity contribution in [3.8, 4) is 0 Å². The number of aromatic carboxylic acids is 1. The van der Waals surface area contributed by atoms with E-state index >= 15 is 0 Å². The Morgan fingerprint density at radius 1 is 1.19 bits per heavy atom. The molecule has 0 radical (unpaired) electrons. The molecule has 5 heteroatoms. The smallest absolute Gasteiger partial charge is 0.335 e. The van der Waals surface area contributed by atoms with Crippen LogP contribution in [0.25, 0.3) is 0 Å². The molecule has 0 bridgehead atoms. The predicted octanol–water partition coefficient (Wildman–Crippen LogP) is 3.15. The van der Waals surface area contributed by atoms with E-state index in [1.165, 1.54) is 25.0 Å². The molecular weight excluding hydrogens is 268 g/mol. The second-order valence-corrected chi connectivity index (χ2v) is 5.23. The van der Waals surface area contributed by atoms with Crippen LogP contribution in [0.3, 0.4) is 0 Å². The summed E-state index contributed by atoms with van der Waals surface area (Å²) >= 11 is 0. The number of urea groups is 1. The summed E-state index contributed by atoms with van der Waals surface area (Å²) in [5.41, 5.74) is 1.11. The highest BCUT2D eigenvalue weighted by atomic mass is 16.4. The topological polar surface area (TPSA) is 78.4 Å². The molecule has 3 N–H and O–H groups in total. The van der Waals surface area contributed by atoms with Crippen molar-refractivity contribution in [2.45, 2.75) is 52.1 Å². The maximum Gasteiger partial charge on any atom is 0.335 e. The van der Waals surface area contributed by atoms with Crippen molar-refractivity contribution in [3.63, 3.8) is 0 Å². The molecule has 2 amide bonds.